The highest BCUT2D eigenvalue weighted by Gasteiger charge is 2.17. The van der Waals surface area contributed by atoms with Crippen LogP contribution < -0.4 is 5.73 Å². The van der Waals surface area contributed by atoms with Gasteiger partial charge in [0.2, 0.25) is 0 Å². The molecule has 2 aliphatic heterocycles. The summed E-state index contributed by atoms with van der Waals surface area (Å²) < 4.78 is 11.1. The second-order valence-corrected chi connectivity index (χ2v) is 6.42. The third-order valence-electron chi connectivity index (χ3n) is 4.40. The number of hydrogen-bond acceptors (Lipinski definition) is 3. The van der Waals surface area contributed by atoms with E-state index < -0.39 is 0 Å². The van der Waals surface area contributed by atoms with Crippen LogP contribution in [0.1, 0.15) is 39.0 Å². The molecule has 0 aromatic carbocycles. The fourth-order valence-corrected chi connectivity index (χ4v) is 3.02. The Morgan fingerprint density at radius 1 is 1.32 bits per heavy atom. The molecule has 0 saturated carbocycles. The summed E-state index contributed by atoms with van der Waals surface area (Å²) in [4.78, 5) is 6.71. The van der Waals surface area contributed by atoms with E-state index in [4.69, 9.17) is 15.2 Å². The van der Waals surface area contributed by atoms with Gasteiger partial charge >= 0.3 is 0 Å². The van der Waals surface area contributed by atoms with Crippen molar-refractivity contribution >= 4 is 29.9 Å². The topological polar surface area (TPSA) is 60.1 Å². The summed E-state index contributed by atoms with van der Waals surface area (Å²) in [6.07, 6.45) is 5.76. The van der Waals surface area contributed by atoms with Crippen LogP contribution in [0.25, 0.3) is 0 Å². The normalized spacial score (nSPS) is 24.1. The molecule has 0 aromatic rings. The van der Waals surface area contributed by atoms with E-state index in [0.29, 0.717) is 11.9 Å². The van der Waals surface area contributed by atoms with Crippen molar-refractivity contribution in [2.24, 2.45) is 22.6 Å². The van der Waals surface area contributed by atoms with Gasteiger partial charge in [0.25, 0.3) is 0 Å². The van der Waals surface area contributed by atoms with Crippen molar-refractivity contribution in [1.29, 1.82) is 0 Å². The Balaban J connectivity index is 0.00000242. The first-order chi connectivity index (χ1) is 10.3. The largest absolute Gasteiger partial charge is 0.381 e. The number of guanidine groups is 1. The highest BCUT2D eigenvalue weighted by Crippen LogP contribution is 2.15. The molecule has 0 bridgehead atoms. The van der Waals surface area contributed by atoms with Gasteiger partial charge in [0.05, 0.1) is 0 Å². The van der Waals surface area contributed by atoms with E-state index in [-0.39, 0.29) is 24.0 Å². The van der Waals surface area contributed by atoms with Gasteiger partial charge < -0.3 is 20.1 Å². The van der Waals surface area contributed by atoms with Crippen molar-refractivity contribution in [3.8, 4) is 0 Å². The third-order valence-corrected chi connectivity index (χ3v) is 4.40. The van der Waals surface area contributed by atoms with E-state index in [1.54, 1.807) is 0 Å². The van der Waals surface area contributed by atoms with Crippen molar-refractivity contribution in [3.05, 3.63) is 0 Å². The smallest absolute Gasteiger partial charge is 0.191 e. The van der Waals surface area contributed by atoms with Gasteiger partial charge in [-0.25, -0.2) is 0 Å². The Bertz CT molecular complexity index is 323. The molecular weight excluding hydrogens is 393 g/mol. The molecule has 130 valence electrons. The molecule has 1 atom stereocenters. The van der Waals surface area contributed by atoms with Crippen LogP contribution in [0.2, 0.25) is 0 Å². The number of halogens is 1. The quantitative estimate of drug-likeness (QED) is 0.308. The van der Waals surface area contributed by atoms with Crippen LogP contribution in [0.4, 0.5) is 0 Å². The minimum absolute atomic E-state index is 0. The SMILES string of the molecule is CC1CCCN(C(N)=NCCCOCC2CCOCC2)C1.I. The monoisotopic (exact) mass is 425 g/mol. The summed E-state index contributed by atoms with van der Waals surface area (Å²) >= 11 is 0. The van der Waals surface area contributed by atoms with Gasteiger partial charge in [0.1, 0.15) is 0 Å². The first-order valence-electron chi connectivity index (χ1n) is 8.46. The third kappa shape index (κ3) is 7.46. The van der Waals surface area contributed by atoms with Crippen LogP contribution in [0.5, 0.6) is 0 Å². The van der Waals surface area contributed by atoms with Crippen molar-refractivity contribution in [1.82, 2.24) is 4.90 Å². The van der Waals surface area contributed by atoms with Gasteiger partial charge in [-0.2, -0.15) is 0 Å². The van der Waals surface area contributed by atoms with Crippen LogP contribution >= 0.6 is 24.0 Å². The number of rotatable bonds is 6. The fourth-order valence-electron chi connectivity index (χ4n) is 3.02. The van der Waals surface area contributed by atoms with Crippen molar-refractivity contribution in [2.45, 2.75) is 39.0 Å². The van der Waals surface area contributed by atoms with Crippen LogP contribution in [-0.4, -0.2) is 56.9 Å². The summed E-state index contributed by atoms with van der Waals surface area (Å²) in [5.41, 5.74) is 6.06. The lowest BCUT2D eigenvalue weighted by molar-refractivity contribution is 0.0205. The van der Waals surface area contributed by atoms with E-state index >= 15 is 0 Å². The Kier molecular flexibility index (Phi) is 10.4. The molecule has 0 aromatic heterocycles. The standard InChI is InChI=1S/C16H31N3O2.HI/c1-14-4-2-8-19(12-14)16(17)18-7-3-9-21-13-15-5-10-20-11-6-15;/h14-15H,2-13H2,1H3,(H2,17,18);1H. The molecule has 0 spiro atoms. The van der Waals surface area contributed by atoms with Gasteiger partial charge in [-0.15, -0.1) is 24.0 Å². The van der Waals surface area contributed by atoms with E-state index in [1.165, 1.54) is 12.8 Å². The molecule has 0 radical (unpaired) electrons. The molecule has 2 aliphatic rings. The first kappa shape index (κ1) is 20.0. The highest BCUT2D eigenvalue weighted by molar-refractivity contribution is 14.0. The van der Waals surface area contributed by atoms with Crippen LogP contribution in [0, 0.1) is 11.8 Å². The number of piperidine rings is 1. The maximum absolute atomic E-state index is 6.06. The zero-order chi connectivity index (χ0) is 14.9. The number of ether oxygens (including phenoxy) is 2. The molecule has 2 saturated heterocycles. The van der Waals surface area contributed by atoms with Crippen molar-refractivity contribution < 1.29 is 9.47 Å². The first-order valence-corrected chi connectivity index (χ1v) is 8.46. The molecule has 2 fully saturated rings. The Morgan fingerprint density at radius 2 is 2.09 bits per heavy atom. The number of nitrogens with zero attached hydrogens (tertiary/aromatic N) is 2. The maximum atomic E-state index is 6.06. The lowest BCUT2D eigenvalue weighted by atomic mass is 10.0. The molecule has 0 amide bonds. The number of likely N-dealkylation sites (tertiary alicyclic amines) is 1. The summed E-state index contributed by atoms with van der Waals surface area (Å²) in [6, 6.07) is 0. The molecule has 22 heavy (non-hydrogen) atoms. The molecule has 2 rings (SSSR count). The van der Waals surface area contributed by atoms with Gasteiger partial charge in [-0.05, 0) is 43.9 Å². The molecule has 0 aliphatic carbocycles. The minimum atomic E-state index is 0. The fraction of sp³-hybridized carbons (Fsp3) is 0.938. The molecular formula is C16H32IN3O2. The lowest BCUT2D eigenvalue weighted by Crippen LogP contribution is -2.43. The number of nitrogens with two attached hydrogens (primary N) is 1. The summed E-state index contributed by atoms with van der Waals surface area (Å²) in [5, 5.41) is 0. The van der Waals surface area contributed by atoms with Crippen LogP contribution in [-0.2, 0) is 9.47 Å². The Hall–Kier alpha value is -0.0800. The van der Waals surface area contributed by atoms with Gasteiger partial charge in [0, 0.05) is 46.1 Å². The number of aliphatic imine (C=N–C) groups is 1. The molecule has 6 heteroatoms. The van der Waals surface area contributed by atoms with E-state index in [0.717, 1.165) is 71.2 Å². The second-order valence-electron chi connectivity index (χ2n) is 6.42. The number of hydrogen-bond donors (Lipinski definition) is 1. The zero-order valence-electron chi connectivity index (χ0n) is 13.8. The van der Waals surface area contributed by atoms with Gasteiger partial charge in [0.15, 0.2) is 5.96 Å². The highest BCUT2D eigenvalue weighted by atomic mass is 127. The summed E-state index contributed by atoms with van der Waals surface area (Å²) in [5.74, 6) is 2.13. The average molecular weight is 425 g/mol. The maximum Gasteiger partial charge on any atom is 0.191 e. The second kappa shape index (κ2) is 11.5. The van der Waals surface area contributed by atoms with E-state index in [9.17, 15) is 0 Å². The van der Waals surface area contributed by atoms with Gasteiger partial charge in [-0.1, -0.05) is 6.92 Å². The molecule has 1 unspecified atom stereocenters. The van der Waals surface area contributed by atoms with Crippen LogP contribution in [0.15, 0.2) is 4.99 Å². The van der Waals surface area contributed by atoms with Crippen molar-refractivity contribution in [3.63, 3.8) is 0 Å². The van der Waals surface area contributed by atoms with E-state index in [1.807, 2.05) is 0 Å². The zero-order valence-corrected chi connectivity index (χ0v) is 16.2. The minimum Gasteiger partial charge on any atom is -0.381 e. The summed E-state index contributed by atoms with van der Waals surface area (Å²) in [6.45, 7) is 8.59. The molecule has 2 N–H and O–H groups in total. The predicted molar refractivity (Wildman–Crippen MR) is 101 cm³/mol. The Labute approximate surface area is 152 Å². The molecule has 5 nitrogen and oxygen atoms in total. The summed E-state index contributed by atoms with van der Waals surface area (Å²) in [7, 11) is 0. The van der Waals surface area contributed by atoms with Crippen molar-refractivity contribution in [2.75, 3.05) is 46.1 Å². The Morgan fingerprint density at radius 3 is 2.82 bits per heavy atom. The van der Waals surface area contributed by atoms with Crippen LogP contribution in [0.3, 0.4) is 0 Å². The van der Waals surface area contributed by atoms with Gasteiger partial charge in [-0.3, -0.25) is 4.99 Å². The molecule has 2 heterocycles. The lowest BCUT2D eigenvalue weighted by Gasteiger charge is -2.31. The average Bonchev–Trinajstić information content (AvgIpc) is 2.51. The van der Waals surface area contributed by atoms with E-state index in [2.05, 4.69) is 16.8 Å². The predicted octanol–water partition coefficient (Wildman–Crippen LogP) is 2.48.